The predicted octanol–water partition coefficient (Wildman–Crippen LogP) is 0.481. The van der Waals surface area contributed by atoms with Gasteiger partial charge in [-0.15, -0.1) is 0 Å². The summed E-state index contributed by atoms with van der Waals surface area (Å²) in [6.07, 6.45) is 4.24. The second-order valence-corrected chi connectivity index (χ2v) is 6.45. The first-order valence-electron chi connectivity index (χ1n) is 8.57. The van der Waals surface area contributed by atoms with Crippen molar-refractivity contribution in [3.63, 3.8) is 0 Å². The quantitative estimate of drug-likeness (QED) is 0.635. The van der Waals surface area contributed by atoms with E-state index < -0.39 is 0 Å². The average molecular weight is 317 g/mol. The van der Waals surface area contributed by atoms with E-state index in [9.17, 15) is 4.79 Å². The molecule has 2 saturated heterocycles. The Morgan fingerprint density at radius 2 is 1.96 bits per heavy atom. The molecule has 0 bridgehead atoms. The molecule has 0 radical (unpaired) electrons. The smallest absolute Gasteiger partial charge is 0.238 e. The van der Waals surface area contributed by atoms with Crippen molar-refractivity contribution in [2.24, 2.45) is 5.73 Å². The maximum absolute atomic E-state index is 12.3. The third-order valence-corrected chi connectivity index (χ3v) is 4.73. The van der Waals surface area contributed by atoms with Crippen molar-refractivity contribution in [2.75, 3.05) is 19.6 Å². The Morgan fingerprint density at radius 1 is 1.22 bits per heavy atom. The number of likely N-dealkylation sites (tertiary alicyclic amines) is 1. The number of hydrogen-bond donors (Lipinski definition) is 4. The summed E-state index contributed by atoms with van der Waals surface area (Å²) in [5.41, 5.74) is 12.9. The molecule has 6 nitrogen and oxygen atoms in total. The van der Waals surface area contributed by atoms with Crippen LogP contribution in [0.4, 0.5) is 0 Å². The molecule has 3 unspecified atom stereocenters. The number of nitrogens with zero attached hydrogens (tertiary/aromatic N) is 1. The lowest BCUT2D eigenvalue weighted by molar-refractivity contribution is -0.123. The molecule has 0 saturated carbocycles. The van der Waals surface area contributed by atoms with Crippen LogP contribution < -0.4 is 21.9 Å². The fraction of sp³-hybridized carbons (Fsp3) is 0.588. The van der Waals surface area contributed by atoms with Crippen LogP contribution in [0, 0.1) is 0 Å². The number of hydrazine groups is 1. The summed E-state index contributed by atoms with van der Waals surface area (Å²) < 4.78 is 0. The van der Waals surface area contributed by atoms with Crippen LogP contribution in [0.25, 0.3) is 0 Å². The highest BCUT2D eigenvalue weighted by molar-refractivity contribution is 5.82. The molecule has 3 atom stereocenters. The van der Waals surface area contributed by atoms with Gasteiger partial charge in [-0.2, -0.15) is 0 Å². The molecule has 3 rings (SSSR count). The molecule has 0 aromatic heterocycles. The first-order valence-corrected chi connectivity index (χ1v) is 8.57. The van der Waals surface area contributed by atoms with E-state index in [1.54, 1.807) is 0 Å². The van der Waals surface area contributed by atoms with Gasteiger partial charge in [0.25, 0.3) is 0 Å². The normalized spacial score (nSPS) is 26.8. The molecule has 2 aliphatic rings. The molecule has 2 fully saturated rings. The van der Waals surface area contributed by atoms with Gasteiger partial charge in [0, 0.05) is 13.0 Å². The van der Waals surface area contributed by atoms with Gasteiger partial charge in [-0.3, -0.25) is 9.69 Å². The highest BCUT2D eigenvalue weighted by Gasteiger charge is 2.28. The zero-order valence-corrected chi connectivity index (χ0v) is 13.5. The topological polar surface area (TPSA) is 82.4 Å². The van der Waals surface area contributed by atoms with Gasteiger partial charge in [-0.25, -0.2) is 10.9 Å². The Kier molecular flexibility index (Phi) is 5.61. The third kappa shape index (κ3) is 4.29. The minimum atomic E-state index is -0.247. The van der Waals surface area contributed by atoms with Crippen LogP contribution in [0.1, 0.15) is 37.3 Å². The maximum atomic E-state index is 12.3. The Balaban J connectivity index is 1.62. The summed E-state index contributed by atoms with van der Waals surface area (Å²) in [6, 6.07) is 10.5. The number of benzene rings is 1. The Morgan fingerprint density at radius 3 is 2.61 bits per heavy atom. The first kappa shape index (κ1) is 16.4. The minimum absolute atomic E-state index is 0.0170. The van der Waals surface area contributed by atoms with Gasteiger partial charge >= 0.3 is 0 Å². The minimum Gasteiger partial charge on any atom is -0.353 e. The molecule has 6 heteroatoms. The lowest BCUT2D eigenvalue weighted by Crippen LogP contribution is -2.47. The van der Waals surface area contributed by atoms with E-state index in [-0.39, 0.29) is 24.2 Å². The van der Waals surface area contributed by atoms with Crippen molar-refractivity contribution in [3.05, 3.63) is 35.9 Å². The summed E-state index contributed by atoms with van der Waals surface area (Å²) in [5.74, 6) is 0.0170. The van der Waals surface area contributed by atoms with Crippen LogP contribution in [0.15, 0.2) is 30.3 Å². The van der Waals surface area contributed by atoms with Crippen LogP contribution >= 0.6 is 0 Å². The molecule has 5 N–H and O–H groups in total. The van der Waals surface area contributed by atoms with Gasteiger partial charge in [0.05, 0.1) is 12.2 Å². The van der Waals surface area contributed by atoms with Crippen molar-refractivity contribution in [1.29, 1.82) is 0 Å². The van der Waals surface area contributed by atoms with Crippen molar-refractivity contribution in [2.45, 2.75) is 43.9 Å². The molecule has 2 aliphatic heterocycles. The monoisotopic (exact) mass is 317 g/mol. The first-order chi connectivity index (χ1) is 11.2. The molecule has 126 valence electrons. The Labute approximate surface area is 137 Å². The van der Waals surface area contributed by atoms with Crippen molar-refractivity contribution < 1.29 is 4.79 Å². The number of nitrogens with two attached hydrogens (primary N) is 1. The highest BCUT2D eigenvalue weighted by atomic mass is 16.2. The van der Waals surface area contributed by atoms with Crippen molar-refractivity contribution in [1.82, 2.24) is 21.1 Å². The lowest BCUT2D eigenvalue weighted by Gasteiger charge is -2.35. The molecular formula is C17H27N5O. The Hall–Kier alpha value is -1.47. The van der Waals surface area contributed by atoms with Gasteiger partial charge in [0.1, 0.15) is 6.04 Å². The molecule has 0 aliphatic carbocycles. The second kappa shape index (κ2) is 7.88. The zero-order chi connectivity index (χ0) is 16.1. The van der Waals surface area contributed by atoms with Gasteiger partial charge in [-0.1, -0.05) is 36.8 Å². The van der Waals surface area contributed by atoms with Gasteiger partial charge < -0.3 is 11.1 Å². The largest absolute Gasteiger partial charge is 0.353 e. The molecular weight excluding hydrogens is 290 g/mol. The van der Waals surface area contributed by atoms with E-state index in [1.165, 1.54) is 24.8 Å². The van der Waals surface area contributed by atoms with Gasteiger partial charge in [0.15, 0.2) is 0 Å². The number of rotatable bonds is 5. The average Bonchev–Trinajstić information content (AvgIpc) is 3.03. The number of hydrogen-bond acceptors (Lipinski definition) is 5. The fourth-order valence-corrected chi connectivity index (χ4v) is 3.44. The predicted molar refractivity (Wildman–Crippen MR) is 90.3 cm³/mol. The van der Waals surface area contributed by atoms with Crippen molar-refractivity contribution in [3.8, 4) is 0 Å². The van der Waals surface area contributed by atoms with E-state index >= 15 is 0 Å². The van der Waals surface area contributed by atoms with Crippen LogP contribution in [0.5, 0.6) is 0 Å². The van der Waals surface area contributed by atoms with E-state index in [2.05, 4.69) is 45.3 Å². The van der Waals surface area contributed by atoms with Crippen molar-refractivity contribution >= 4 is 5.91 Å². The molecule has 1 aromatic carbocycles. The van der Waals surface area contributed by atoms with Crippen LogP contribution in [-0.2, 0) is 4.79 Å². The fourth-order valence-electron chi connectivity index (χ4n) is 3.44. The Bertz CT molecular complexity index is 503. The summed E-state index contributed by atoms with van der Waals surface area (Å²) in [7, 11) is 0. The zero-order valence-electron chi connectivity index (χ0n) is 13.5. The standard InChI is InChI=1S/C17H27N5O/c18-16-11-14(20-21-16)17(23)19-12-15(13-7-3-1-4-8-13)22-9-5-2-6-10-22/h1,3-4,7-8,14-16,20-21H,2,5-6,9-12,18H2,(H,19,23). The van der Waals surface area contributed by atoms with E-state index in [0.29, 0.717) is 13.0 Å². The molecule has 2 heterocycles. The van der Waals surface area contributed by atoms with Crippen LogP contribution in [-0.4, -0.2) is 42.6 Å². The van der Waals surface area contributed by atoms with Crippen LogP contribution in [0.3, 0.4) is 0 Å². The summed E-state index contributed by atoms with van der Waals surface area (Å²) in [5, 5.41) is 3.10. The van der Waals surface area contributed by atoms with Gasteiger partial charge in [-0.05, 0) is 31.5 Å². The SMILES string of the molecule is NC1CC(C(=O)NCC(c2ccccc2)N2CCCCC2)NN1. The second-order valence-electron chi connectivity index (χ2n) is 6.45. The lowest BCUT2D eigenvalue weighted by atomic mass is 10.0. The van der Waals surface area contributed by atoms with E-state index in [0.717, 1.165) is 13.1 Å². The summed E-state index contributed by atoms with van der Waals surface area (Å²) in [4.78, 5) is 14.8. The number of carbonyl (C=O) groups excluding carboxylic acids is 1. The molecule has 23 heavy (non-hydrogen) atoms. The number of nitrogens with one attached hydrogen (secondary N) is 3. The molecule has 0 spiro atoms. The summed E-state index contributed by atoms with van der Waals surface area (Å²) in [6.45, 7) is 2.84. The number of amides is 1. The number of carbonyl (C=O) groups is 1. The molecule has 1 aromatic rings. The van der Waals surface area contributed by atoms with E-state index in [4.69, 9.17) is 5.73 Å². The highest BCUT2D eigenvalue weighted by Crippen LogP contribution is 2.24. The van der Waals surface area contributed by atoms with Crippen LogP contribution in [0.2, 0.25) is 0 Å². The third-order valence-electron chi connectivity index (χ3n) is 4.73. The summed E-state index contributed by atoms with van der Waals surface area (Å²) >= 11 is 0. The maximum Gasteiger partial charge on any atom is 0.238 e. The van der Waals surface area contributed by atoms with E-state index in [1.807, 2.05) is 6.07 Å². The van der Waals surface area contributed by atoms with Gasteiger partial charge in [0.2, 0.25) is 5.91 Å². The number of piperidine rings is 1. The molecule has 1 amide bonds.